The zero-order valence-corrected chi connectivity index (χ0v) is 14.7. The van der Waals surface area contributed by atoms with E-state index in [2.05, 4.69) is 20.8 Å². The first-order chi connectivity index (χ1) is 11.4. The third kappa shape index (κ3) is 1.90. The summed E-state index contributed by atoms with van der Waals surface area (Å²) < 4.78 is 6.15. The van der Waals surface area contributed by atoms with Gasteiger partial charge in [-0.3, -0.25) is 4.79 Å². The Bertz CT molecular complexity index is 680. The zero-order valence-electron chi connectivity index (χ0n) is 14.7. The molecule has 24 heavy (non-hydrogen) atoms. The standard InChI is InChI=1S/C21H26O3/c1-13(2)15-9-11-20(3)17(15)21(12-10-16(22)18(20)21)24-19(23)14-7-5-4-6-8-14/h4-8,13,15,17-18H,9-12H2,1-3H3/t15-,17-,18-,20+,21-/m0/s1. The number of fused-ring (bicyclic) bond motifs is 4. The van der Waals surface area contributed by atoms with E-state index in [1.807, 2.05) is 18.2 Å². The molecule has 0 heterocycles. The number of rotatable bonds is 3. The van der Waals surface area contributed by atoms with Gasteiger partial charge in [0.25, 0.3) is 0 Å². The van der Waals surface area contributed by atoms with Crippen molar-refractivity contribution in [2.75, 3.05) is 0 Å². The van der Waals surface area contributed by atoms with Crippen LogP contribution in [0, 0.1) is 29.1 Å². The van der Waals surface area contributed by atoms with Crippen molar-refractivity contribution in [3.8, 4) is 0 Å². The monoisotopic (exact) mass is 326 g/mol. The van der Waals surface area contributed by atoms with Gasteiger partial charge >= 0.3 is 5.97 Å². The van der Waals surface area contributed by atoms with Gasteiger partial charge in [-0.1, -0.05) is 39.0 Å². The molecule has 0 unspecified atom stereocenters. The van der Waals surface area contributed by atoms with Crippen molar-refractivity contribution in [2.45, 2.75) is 52.1 Å². The summed E-state index contributed by atoms with van der Waals surface area (Å²) in [5.41, 5.74) is 0.0571. The maximum absolute atomic E-state index is 12.7. The zero-order chi connectivity index (χ0) is 17.1. The van der Waals surface area contributed by atoms with Gasteiger partial charge < -0.3 is 4.74 Å². The molecule has 0 amide bonds. The first-order valence-electron chi connectivity index (χ1n) is 9.21. The molecule has 0 saturated heterocycles. The highest BCUT2D eigenvalue weighted by atomic mass is 16.6. The summed E-state index contributed by atoms with van der Waals surface area (Å²) in [6.07, 6.45) is 3.50. The van der Waals surface area contributed by atoms with Crippen LogP contribution in [0.2, 0.25) is 0 Å². The Hall–Kier alpha value is -1.64. The molecule has 3 nitrogen and oxygen atoms in total. The molecule has 5 atom stereocenters. The second-order valence-corrected chi connectivity index (χ2v) is 8.54. The summed E-state index contributed by atoms with van der Waals surface area (Å²) in [5, 5.41) is 0. The van der Waals surface area contributed by atoms with Gasteiger partial charge in [-0.05, 0) is 48.6 Å². The van der Waals surface area contributed by atoms with Crippen LogP contribution in [0.1, 0.15) is 56.8 Å². The molecule has 0 aromatic heterocycles. The summed E-state index contributed by atoms with van der Waals surface area (Å²) in [7, 11) is 0. The lowest BCUT2D eigenvalue weighted by Gasteiger charge is -2.62. The summed E-state index contributed by atoms with van der Waals surface area (Å²) >= 11 is 0. The predicted molar refractivity (Wildman–Crippen MR) is 91.5 cm³/mol. The maximum Gasteiger partial charge on any atom is 0.338 e. The fraction of sp³-hybridized carbons (Fsp3) is 0.619. The average Bonchev–Trinajstić information content (AvgIpc) is 3.02. The van der Waals surface area contributed by atoms with Crippen LogP contribution in [0.25, 0.3) is 0 Å². The number of carbonyl (C=O) groups is 2. The molecule has 3 aliphatic carbocycles. The van der Waals surface area contributed by atoms with E-state index < -0.39 is 5.60 Å². The Morgan fingerprint density at radius 3 is 2.58 bits per heavy atom. The highest BCUT2D eigenvalue weighted by Gasteiger charge is 2.78. The van der Waals surface area contributed by atoms with Gasteiger partial charge in [-0.2, -0.15) is 0 Å². The van der Waals surface area contributed by atoms with Gasteiger partial charge in [0, 0.05) is 12.3 Å². The van der Waals surface area contributed by atoms with Gasteiger partial charge in [0.15, 0.2) is 0 Å². The highest BCUT2D eigenvalue weighted by molar-refractivity contribution is 5.92. The highest BCUT2D eigenvalue weighted by Crippen LogP contribution is 2.74. The van der Waals surface area contributed by atoms with Crippen LogP contribution in [0.4, 0.5) is 0 Å². The average molecular weight is 326 g/mol. The molecule has 1 aromatic rings. The van der Waals surface area contributed by atoms with Crippen molar-refractivity contribution < 1.29 is 14.3 Å². The van der Waals surface area contributed by atoms with Crippen LogP contribution in [-0.4, -0.2) is 17.4 Å². The first-order valence-corrected chi connectivity index (χ1v) is 9.21. The Morgan fingerprint density at radius 1 is 1.21 bits per heavy atom. The second-order valence-electron chi connectivity index (χ2n) is 8.54. The molecule has 128 valence electrons. The Kier molecular flexibility index (Phi) is 3.42. The lowest BCUT2D eigenvalue weighted by atomic mass is 9.45. The number of carbonyl (C=O) groups excluding carboxylic acids is 2. The normalized spacial score (nSPS) is 40.2. The van der Waals surface area contributed by atoms with Crippen LogP contribution >= 0.6 is 0 Å². The lowest BCUT2D eigenvalue weighted by molar-refractivity contribution is -0.226. The van der Waals surface area contributed by atoms with Crippen molar-refractivity contribution in [3.63, 3.8) is 0 Å². The van der Waals surface area contributed by atoms with Crippen molar-refractivity contribution in [1.82, 2.24) is 0 Å². The van der Waals surface area contributed by atoms with Gasteiger partial charge in [-0.25, -0.2) is 4.79 Å². The second kappa shape index (κ2) is 5.18. The van der Waals surface area contributed by atoms with Crippen LogP contribution in [0.15, 0.2) is 30.3 Å². The Morgan fingerprint density at radius 2 is 1.92 bits per heavy atom. The molecular weight excluding hydrogens is 300 g/mol. The van der Waals surface area contributed by atoms with Gasteiger partial charge in [0.05, 0.1) is 11.5 Å². The number of hydrogen-bond donors (Lipinski definition) is 0. The third-order valence-corrected chi connectivity index (χ3v) is 7.06. The molecule has 1 aromatic carbocycles. The smallest absolute Gasteiger partial charge is 0.338 e. The number of ether oxygens (including phenoxy) is 1. The summed E-state index contributed by atoms with van der Waals surface area (Å²) in [6, 6.07) is 9.17. The minimum Gasteiger partial charge on any atom is -0.454 e. The van der Waals surface area contributed by atoms with Crippen molar-refractivity contribution in [3.05, 3.63) is 35.9 Å². The van der Waals surface area contributed by atoms with Gasteiger partial charge in [-0.15, -0.1) is 0 Å². The maximum atomic E-state index is 12.7. The molecule has 3 aliphatic rings. The third-order valence-electron chi connectivity index (χ3n) is 7.06. The molecule has 3 heteroatoms. The molecule has 0 aliphatic heterocycles. The van der Waals surface area contributed by atoms with E-state index in [4.69, 9.17) is 4.74 Å². The fourth-order valence-corrected chi connectivity index (χ4v) is 6.28. The largest absolute Gasteiger partial charge is 0.454 e. The van der Waals surface area contributed by atoms with Crippen LogP contribution in [0.5, 0.6) is 0 Å². The van der Waals surface area contributed by atoms with E-state index in [0.29, 0.717) is 41.9 Å². The minimum absolute atomic E-state index is 0.0273. The number of hydrogen-bond acceptors (Lipinski definition) is 3. The molecule has 0 N–H and O–H groups in total. The first kappa shape index (κ1) is 15.9. The van der Waals surface area contributed by atoms with Crippen molar-refractivity contribution in [1.29, 1.82) is 0 Å². The quantitative estimate of drug-likeness (QED) is 0.779. The minimum atomic E-state index is -0.551. The predicted octanol–water partition coefficient (Wildman–Crippen LogP) is 4.26. The summed E-state index contributed by atoms with van der Waals surface area (Å²) in [4.78, 5) is 25.3. The molecule has 0 spiro atoms. The molecule has 0 radical (unpaired) electrons. The van der Waals surface area contributed by atoms with Crippen molar-refractivity contribution in [2.24, 2.45) is 29.1 Å². The number of benzene rings is 1. The molecule has 4 rings (SSSR count). The van der Waals surface area contributed by atoms with E-state index in [0.717, 1.165) is 12.8 Å². The van der Waals surface area contributed by atoms with Gasteiger partial charge in [0.1, 0.15) is 11.4 Å². The number of esters is 1. The van der Waals surface area contributed by atoms with E-state index in [-0.39, 0.29) is 17.3 Å². The van der Waals surface area contributed by atoms with E-state index in [1.165, 1.54) is 0 Å². The fourth-order valence-electron chi connectivity index (χ4n) is 6.28. The summed E-state index contributed by atoms with van der Waals surface area (Å²) in [5.74, 6) is 1.37. The van der Waals surface area contributed by atoms with Crippen LogP contribution in [0.3, 0.4) is 0 Å². The molecular formula is C21H26O3. The Labute approximate surface area is 143 Å². The van der Waals surface area contributed by atoms with Crippen LogP contribution < -0.4 is 0 Å². The van der Waals surface area contributed by atoms with E-state index in [1.54, 1.807) is 12.1 Å². The van der Waals surface area contributed by atoms with E-state index >= 15 is 0 Å². The number of ketones is 1. The van der Waals surface area contributed by atoms with Crippen molar-refractivity contribution >= 4 is 11.8 Å². The van der Waals surface area contributed by atoms with Gasteiger partial charge in [0.2, 0.25) is 0 Å². The molecule has 3 saturated carbocycles. The molecule has 0 bridgehead atoms. The van der Waals surface area contributed by atoms with Crippen LogP contribution in [-0.2, 0) is 9.53 Å². The Balaban J connectivity index is 1.69. The number of Topliss-reactive ketones (excluding diaryl/α,β-unsaturated/α-hetero) is 1. The SMILES string of the molecule is CC(C)[C@@H]1CC[C@@]2(C)[C@@H]3C(=O)CC[C@]3(OC(=O)c3ccccc3)[C@@H]12. The summed E-state index contributed by atoms with van der Waals surface area (Å²) in [6.45, 7) is 6.77. The lowest BCUT2D eigenvalue weighted by Crippen LogP contribution is -2.68. The van der Waals surface area contributed by atoms with E-state index in [9.17, 15) is 9.59 Å². The topological polar surface area (TPSA) is 43.4 Å². The molecule has 3 fully saturated rings.